The number of hydrogen-bond donors (Lipinski definition) is 1. The van der Waals surface area contributed by atoms with E-state index in [-0.39, 0.29) is 0 Å². The Bertz CT molecular complexity index is 344. The molecule has 1 aliphatic rings. The van der Waals surface area contributed by atoms with E-state index in [2.05, 4.69) is 38.4 Å². The van der Waals surface area contributed by atoms with Gasteiger partial charge in [0.25, 0.3) is 0 Å². The molecule has 1 atom stereocenters. The van der Waals surface area contributed by atoms with E-state index in [4.69, 9.17) is 0 Å². The lowest BCUT2D eigenvalue weighted by Gasteiger charge is -2.27. The number of rotatable bonds is 4. The fourth-order valence-electron chi connectivity index (χ4n) is 2.28. The van der Waals surface area contributed by atoms with Crippen molar-refractivity contribution in [1.82, 2.24) is 5.32 Å². The Labute approximate surface area is 99.6 Å². The number of likely N-dealkylation sites (N-methyl/N-ethyl adjacent to an activating group) is 1. The minimum absolute atomic E-state index is 0.639. The van der Waals surface area contributed by atoms with Gasteiger partial charge in [-0.25, -0.2) is 0 Å². The summed E-state index contributed by atoms with van der Waals surface area (Å²) in [6.45, 7) is 12.2. The van der Waals surface area contributed by atoms with Crippen LogP contribution < -0.4 is 5.32 Å². The lowest BCUT2D eigenvalue weighted by molar-refractivity contribution is 0.521. The predicted octanol–water partition coefficient (Wildman–Crippen LogP) is 3.97. The van der Waals surface area contributed by atoms with Crippen LogP contribution in [0.1, 0.15) is 33.1 Å². The average Bonchev–Trinajstić information content (AvgIpc) is 2.26. The van der Waals surface area contributed by atoms with Crippen LogP contribution in [0, 0.1) is 5.92 Å². The standard InChI is InChI=1S/C15H23N/c1-6-7-15(16-5)14-10-13(11(2)3)9-8-12(14)4/h6-7,13,16H,1-2,8-10H2,3-5H3/b15-7+. The van der Waals surface area contributed by atoms with Crippen LogP contribution in [-0.4, -0.2) is 7.05 Å². The molecule has 1 aliphatic carbocycles. The molecular formula is C15H23N. The van der Waals surface area contributed by atoms with Gasteiger partial charge in [0.05, 0.1) is 0 Å². The highest BCUT2D eigenvalue weighted by Crippen LogP contribution is 2.35. The van der Waals surface area contributed by atoms with Crippen molar-refractivity contribution in [3.63, 3.8) is 0 Å². The summed E-state index contributed by atoms with van der Waals surface area (Å²) < 4.78 is 0. The van der Waals surface area contributed by atoms with E-state index in [0.29, 0.717) is 5.92 Å². The van der Waals surface area contributed by atoms with Crippen molar-refractivity contribution in [2.45, 2.75) is 33.1 Å². The second kappa shape index (κ2) is 5.74. The Morgan fingerprint density at radius 3 is 2.69 bits per heavy atom. The quantitative estimate of drug-likeness (QED) is 0.555. The van der Waals surface area contributed by atoms with Gasteiger partial charge in [-0.15, -0.1) is 0 Å². The molecular weight excluding hydrogens is 194 g/mol. The van der Waals surface area contributed by atoms with Crippen molar-refractivity contribution in [2.24, 2.45) is 5.92 Å². The lowest BCUT2D eigenvalue weighted by atomic mass is 9.80. The van der Waals surface area contributed by atoms with Crippen LogP contribution in [0.3, 0.4) is 0 Å². The van der Waals surface area contributed by atoms with E-state index >= 15 is 0 Å². The number of nitrogens with one attached hydrogen (secondary N) is 1. The van der Waals surface area contributed by atoms with Gasteiger partial charge in [0.15, 0.2) is 0 Å². The molecule has 1 rings (SSSR count). The van der Waals surface area contributed by atoms with Crippen LogP contribution in [0.25, 0.3) is 0 Å². The molecule has 0 amide bonds. The molecule has 0 bridgehead atoms. The first kappa shape index (κ1) is 12.8. The molecule has 0 aromatic rings. The first-order chi connectivity index (χ1) is 7.60. The minimum atomic E-state index is 0.639. The summed E-state index contributed by atoms with van der Waals surface area (Å²) in [5.74, 6) is 0.639. The molecule has 0 aromatic carbocycles. The predicted molar refractivity (Wildman–Crippen MR) is 72.2 cm³/mol. The maximum atomic E-state index is 4.09. The van der Waals surface area contributed by atoms with Gasteiger partial charge in [-0.05, 0) is 50.7 Å². The summed E-state index contributed by atoms with van der Waals surface area (Å²) in [5, 5.41) is 3.26. The van der Waals surface area contributed by atoms with Crippen molar-refractivity contribution in [2.75, 3.05) is 7.05 Å². The number of allylic oxidation sites excluding steroid dienone is 5. The molecule has 0 saturated heterocycles. The zero-order valence-corrected chi connectivity index (χ0v) is 10.8. The molecule has 1 nitrogen and oxygen atoms in total. The van der Waals surface area contributed by atoms with Crippen LogP contribution in [0.2, 0.25) is 0 Å². The molecule has 0 radical (unpaired) electrons. The summed E-state index contributed by atoms with van der Waals surface area (Å²) in [5.41, 5.74) is 5.46. The SMILES string of the molecule is C=C/C=C(/NC)C1=C(C)CCC(C(=C)C)C1. The third-order valence-electron chi connectivity index (χ3n) is 3.41. The highest BCUT2D eigenvalue weighted by Gasteiger charge is 2.20. The van der Waals surface area contributed by atoms with Crippen molar-refractivity contribution >= 4 is 0 Å². The monoisotopic (exact) mass is 217 g/mol. The van der Waals surface area contributed by atoms with Gasteiger partial charge < -0.3 is 5.32 Å². The minimum Gasteiger partial charge on any atom is -0.388 e. The van der Waals surface area contributed by atoms with Gasteiger partial charge >= 0.3 is 0 Å². The van der Waals surface area contributed by atoms with E-state index in [0.717, 1.165) is 6.42 Å². The maximum absolute atomic E-state index is 4.09. The molecule has 0 spiro atoms. The smallest absolute Gasteiger partial charge is 0.0369 e. The van der Waals surface area contributed by atoms with E-state index in [9.17, 15) is 0 Å². The highest BCUT2D eigenvalue weighted by molar-refractivity contribution is 5.38. The average molecular weight is 217 g/mol. The van der Waals surface area contributed by atoms with E-state index < -0.39 is 0 Å². The van der Waals surface area contributed by atoms with Crippen LogP contribution >= 0.6 is 0 Å². The van der Waals surface area contributed by atoms with Gasteiger partial charge in [0, 0.05) is 12.7 Å². The molecule has 1 N–H and O–H groups in total. The molecule has 1 unspecified atom stereocenters. The van der Waals surface area contributed by atoms with Gasteiger partial charge in [-0.3, -0.25) is 0 Å². The lowest BCUT2D eigenvalue weighted by Crippen LogP contribution is -2.17. The topological polar surface area (TPSA) is 12.0 Å². The summed E-state index contributed by atoms with van der Waals surface area (Å²) in [6.07, 6.45) is 7.44. The first-order valence-electron chi connectivity index (χ1n) is 5.95. The van der Waals surface area contributed by atoms with Crippen LogP contribution in [0.15, 0.2) is 47.7 Å². The summed E-state index contributed by atoms with van der Waals surface area (Å²) in [6, 6.07) is 0. The van der Waals surface area contributed by atoms with Crippen molar-refractivity contribution in [1.29, 1.82) is 0 Å². The summed E-state index contributed by atoms with van der Waals surface area (Å²) in [4.78, 5) is 0. The molecule has 0 saturated carbocycles. The molecule has 0 heterocycles. The normalized spacial score (nSPS) is 21.9. The van der Waals surface area contributed by atoms with Gasteiger partial charge in [0.1, 0.15) is 0 Å². The van der Waals surface area contributed by atoms with Crippen LogP contribution in [-0.2, 0) is 0 Å². The molecule has 16 heavy (non-hydrogen) atoms. The zero-order chi connectivity index (χ0) is 12.1. The molecule has 0 fully saturated rings. The third kappa shape index (κ3) is 2.88. The Morgan fingerprint density at radius 2 is 2.19 bits per heavy atom. The van der Waals surface area contributed by atoms with Crippen molar-refractivity contribution < 1.29 is 0 Å². The Kier molecular flexibility index (Phi) is 4.60. The Morgan fingerprint density at radius 1 is 1.50 bits per heavy atom. The van der Waals surface area contributed by atoms with Gasteiger partial charge in [0.2, 0.25) is 0 Å². The second-order valence-corrected chi connectivity index (χ2v) is 4.61. The zero-order valence-electron chi connectivity index (χ0n) is 10.8. The summed E-state index contributed by atoms with van der Waals surface area (Å²) >= 11 is 0. The fraction of sp³-hybridized carbons (Fsp3) is 0.467. The Balaban J connectivity index is 2.96. The Hall–Kier alpha value is -1.24. The molecule has 0 aromatic heterocycles. The van der Waals surface area contributed by atoms with E-state index in [1.54, 1.807) is 0 Å². The summed E-state index contributed by atoms with van der Waals surface area (Å²) in [7, 11) is 1.97. The molecule has 88 valence electrons. The maximum Gasteiger partial charge on any atom is 0.0369 e. The fourth-order valence-corrected chi connectivity index (χ4v) is 2.28. The largest absolute Gasteiger partial charge is 0.388 e. The molecule has 0 aliphatic heterocycles. The van der Waals surface area contributed by atoms with Gasteiger partial charge in [-0.1, -0.05) is 30.4 Å². The highest BCUT2D eigenvalue weighted by atomic mass is 14.8. The second-order valence-electron chi connectivity index (χ2n) is 4.61. The third-order valence-corrected chi connectivity index (χ3v) is 3.41. The first-order valence-corrected chi connectivity index (χ1v) is 5.95. The van der Waals surface area contributed by atoms with E-state index in [1.807, 2.05) is 13.1 Å². The van der Waals surface area contributed by atoms with Crippen molar-refractivity contribution in [3.05, 3.63) is 47.7 Å². The van der Waals surface area contributed by atoms with Gasteiger partial charge in [-0.2, -0.15) is 0 Å². The van der Waals surface area contributed by atoms with Crippen LogP contribution in [0.4, 0.5) is 0 Å². The van der Waals surface area contributed by atoms with E-state index in [1.165, 1.54) is 35.3 Å². The van der Waals surface area contributed by atoms with Crippen molar-refractivity contribution in [3.8, 4) is 0 Å². The number of hydrogen-bond acceptors (Lipinski definition) is 1. The molecule has 1 heteroatoms. The van der Waals surface area contributed by atoms with Crippen LogP contribution in [0.5, 0.6) is 0 Å².